The molecule has 92 heavy (non-hydrogen) atoms. The van der Waals surface area contributed by atoms with E-state index in [0.29, 0.717) is 11.4 Å². The number of halogens is 3. The largest absolute Gasteiger partial charge is 0.417 e. The lowest BCUT2D eigenvalue weighted by molar-refractivity contribution is -0.137. The van der Waals surface area contributed by atoms with Crippen molar-refractivity contribution in [3.05, 3.63) is 315 Å². The van der Waals surface area contributed by atoms with Crippen molar-refractivity contribution < 1.29 is 13.2 Å². The summed E-state index contributed by atoms with van der Waals surface area (Å²) in [5, 5.41) is 15.9. The Kier molecular flexibility index (Phi) is 13.6. The highest BCUT2D eigenvalue weighted by Gasteiger charge is 2.34. The van der Waals surface area contributed by atoms with E-state index in [1.165, 1.54) is 12.1 Å². The molecule has 434 valence electrons. The summed E-state index contributed by atoms with van der Waals surface area (Å²) < 4.78 is 51.6. The molecule has 0 aliphatic carbocycles. The van der Waals surface area contributed by atoms with Crippen LogP contribution in [-0.2, 0) is 6.18 Å². The van der Waals surface area contributed by atoms with Crippen molar-refractivity contribution in [3.8, 4) is 118 Å². The summed E-state index contributed by atoms with van der Waals surface area (Å²) in [6, 6.07) is 93.2. The molecule has 0 atom stereocenters. The fourth-order valence-corrected chi connectivity index (χ4v) is 13.3. The smallest absolute Gasteiger partial charge is 0.308 e. The second-order valence-electron chi connectivity index (χ2n) is 22.7. The molecule has 6 heterocycles. The molecule has 16 rings (SSSR count). The number of nitrogens with zero attached hydrogens (tertiary/aromatic N) is 7. The zero-order valence-electron chi connectivity index (χ0n) is 49.1. The molecule has 0 bridgehead atoms. The number of fused-ring (bicyclic) bond motifs is 6. The molecule has 0 amide bonds. The van der Waals surface area contributed by atoms with Crippen molar-refractivity contribution >= 4 is 43.6 Å². The summed E-state index contributed by atoms with van der Waals surface area (Å²) in [4.78, 5) is 19.7. The maximum Gasteiger partial charge on any atom is 0.417 e. The minimum Gasteiger partial charge on any atom is -0.308 e. The van der Waals surface area contributed by atoms with E-state index >= 15 is 13.2 Å². The van der Waals surface area contributed by atoms with Crippen LogP contribution < -0.4 is 0 Å². The Bertz CT molecular complexity index is 4990. The lowest BCUT2D eigenvalue weighted by atomic mass is 9.95. The summed E-state index contributed by atoms with van der Waals surface area (Å²) in [6.07, 6.45) is 2.39. The quantitative estimate of drug-likeness (QED) is 0.129. The van der Waals surface area contributed by atoms with Gasteiger partial charge in [0.1, 0.15) is 11.6 Å². The minimum atomic E-state index is -4.75. The number of alkyl halides is 3. The van der Waals surface area contributed by atoms with Gasteiger partial charge in [-0.05, 0) is 100 Å². The van der Waals surface area contributed by atoms with Crippen LogP contribution in [0.15, 0.2) is 304 Å². The monoisotopic (exact) mass is 1190 g/mol. The third-order valence-electron chi connectivity index (χ3n) is 17.4. The molecule has 0 fully saturated rings. The Hall–Kier alpha value is -12.3. The van der Waals surface area contributed by atoms with Crippen LogP contribution in [0, 0.1) is 11.3 Å². The fraction of sp³-hybridized carbons (Fsp3) is 0.0122. The Morgan fingerprint density at radius 3 is 0.859 bits per heavy atom. The molecular weight excluding hydrogens is 1140 g/mol. The Balaban J connectivity index is 1.05. The van der Waals surface area contributed by atoms with E-state index in [9.17, 15) is 5.26 Å². The van der Waals surface area contributed by atoms with E-state index in [2.05, 4.69) is 112 Å². The van der Waals surface area contributed by atoms with Gasteiger partial charge in [0.25, 0.3) is 0 Å². The van der Waals surface area contributed by atoms with Crippen molar-refractivity contribution in [3.63, 3.8) is 0 Å². The van der Waals surface area contributed by atoms with E-state index in [0.717, 1.165) is 139 Å². The van der Waals surface area contributed by atoms with Crippen LogP contribution in [0.1, 0.15) is 11.1 Å². The first-order valence-electron chi connectivity index (χ1n) is 30.2. The summed E-state index contributed by atoms with van der Waals surface area (Å²) >= 11 is 0. The fourth-order valence-electron chi connectivity index (χ4n) is 13.3. The second kappa shape index (κ2) is 22.7. The van der Waals surface area contributed by atoms with Gasteiger partial charge in [-0.2, -0.15) is 18.4 Å². The lowest BCUT2D eigenvalue weighted by Gasteiger charge is -2.20. The van der Waals surface area contributed by atoms with Crippen LogP contribution in [0.4, 0.5) is 13.2 Å². The van der Waals surface area contributed by atoms with Gasteiger partial charge in [-0.1, -0.05) is 212 Å². The average molecular weight is 1190 g/mol. The van der Waals surface area contributed by atoms with Gasteiger partial charge in [-0.15, -0.1) is 0 Å². The molecule has 10 aromatic carbocycles. The van der Waals surface area contributed by atoms with Gasteiger partial charge in [-0.25, -0.2) is 0 Å². The zero-order chi connectivity index (χ0) is 61.9. The van der Waals surface area contributed by atoms with E-state index in [4.69, 9.17) is 19.9 Å². The zero-order valence-corrected chi connectivity index (χ0v) is 49.1. The third kappa shape index (κ3) is 9.55. The van der Waals surface area contributed by atoms with Crippen LogP contribution in [-0.4, -0.2) is 29.1 Å². The van der Waals surface area contributed by atoms with Crippen molar-refractivity contribution in [1.82, 2.24) is 29.1 Å². The van der Waals surface area contributed by atoms with E-state index in [-0.39, 0.29) is 16.7 Å². The van der Waals surface area contributed by atoms with Gasteiger partial charge in [0.15, 0.2) is 0 Å². The molecule has 0 aliphatic heterocycles. The van der Waals surface area contributed by atoms with Crippen molar-refractivity contribution in [2.24, 2.45) is 0 Å². The molecule has 0 saturated carbocycles. The predicted octanol–water partition coefficient (Wildman–Crippen LogP) is 21.4. The molecule has 0 saturated heterocycles. The first-order valence-corrected chi connectivity index (χ1v) is 30.2. The Morgan fingerprint density at radius 2 is 0.565 bits per heavy atom. The second-order valence-corrected chi connectivity index (χ2v) is 22.7. The average Bonchev–Trinajstić information content (AvgIpc) is 1.55. The number of nitriles is 1. The Labute approximate surface area is 527 Å². The molecule has 16 aromatic rings. The third-order valence-corrected chi connectivity index (χ3v) is 17.4. The van der Waals surface area contributed by atoms with Crippen LogP contribution in [0.5, 0.6) is 0 Å². The first-order chi connectivity index (χ1) is 45.3. The van der Waals surface area contributed by atoms with E-state index in [1.54, 1.807) is 43.0 Å². The van der Waals surface area contributed by atoms with Crippen molar-refractivity contribution in [2.45, 2.75) is 6.18 Å². The van der Waals surface area contributed by atoms with Gasteiger partial charge in [0.2, 0.25) is 0 Å². The normalized spacial score (nSPS) is 11.6. The molecular formula is C82H50F3N7. The summed E-state index contributed by atoms with van der Waals surface area (Å²) in [5.74, 6) is 0. The minimum absolute atomic E-state index is 0.0484. The predicted molar refractivity (Wildman–Crippen MR) is 365 cm³/mol. The van der Waals surface area contributed by atoms with Crippen molar-refractivity contribution in [2.75, 3.05) is 0 Å². The van der Waals surface area contributed by atoms with Gasteiger partial charge < -0.3 is 9.13 Å². The number of hydrogen-bond donors (Lipinski definition) is 0. The summed E-state index contributed by atoms with van der Waals surface area (Å²) in [6.45, 7) is 0. The molecule has 0 spiro atoms. The molecule has 7 nitrogen and oxygen atoms in total. The van der Waals surface area contributed by atoms with E-state index < -0.39 is 11.7 Å². The van der Waals surface area contributed by atoms with Gasteiger partial charge in [0, 0.05) is 90.8 Å². The molecule has 0 N–H and O–H groups in total. The van der Waals surface area contributed by atoms with E-state index in [1.807, 2.05) is 146 Å². The number of aromatic nitrogens is 6. The highest BCUT2D eigenvalue weighted by atomic mass is 19.4. The van der Waals surface area contributed by atoms with Gasteiger partial charge in [-0.3, -0.25) is 19.9 Å². The maximum atomic E-state index is 15.8. The van der Waals surface area contributed by atoms with Crippen LogP contribution >= 0.6 is 0 Å². The molecule has 0 aliphatic rings. The highest BCUT2D eigenvalue weighted by Crippen LogP contribution is 2.47. The summed E-state index contributed by atoms with van der Waals surface area (Å²) in [5.41, 5.74) is 17.0. The summed E-state index contributed by atoms with van der Waals surface area (Å²) in [7, 11) is 0. The number of rotatable bonds is 11. The topological polar surface area (TPSA) is 85.2 Å². The molecule has 0 radical (unpaired) electrons. The molecule has 10 heteroatoms. The number of hydrogen-bond acceptors (Lipinski definition) is 5. The van der Waals surface area contributed by atoms with Crippen molar-refractivity contribution in [1.29, 1.82) is 5.26 Å². The maximum absolute atomic E-state index is 15.8. The number of pyridine rings is 4. The standard InChI is InChI=1S/C82H50F3N7/c83-82(84,85)71-32-14-13-27-61(71)60-49-76(91-72-45-56(62-28-15-41-87-78(62)52-19-5-1-6-20-52)33-37-66(72)67-38-34-57(46-73(67)91)63-29-16-42-88-79(63)53-21-7-2-8-22-53)70(51-86)77(50-60)92-74-47-58(64-30-17-43-89-80(64)54-23-9-3-10-24-54)35-39-68(74)69-40-36-59(48-75(69)92)65-31-18-44-90-81(65)55-25-11-4-12-26-55/h1-50H. The molecule has 0 unspecified atom stereocenters. The van der Waals surface area contributed by atoms with Crippen LogP contribution in [0.25, 0.3) is 156 Å². The number of benzene rings is 10. The Morgan fingerprint density at radius 1 is 0.283 bits per heavy atom. The first kappa shape index (κ1) is 55.0. The van der Waals surface area contributed by atoms with Crippen LogP contribution in [0.2, 0.25) is 0 Å². The van der Waals surface area contributed by atoms with Gasteiger partial charge >= 0.3 is 6.18 Å². The highest BCUT2D eigenvalue weighted by molar-refractivity contribution is 6.14. The molecule has 6 aromatic heterocycles. The van der Waals surface area contributed by atoms with Gasteiger partial charge in [0.05, 0.1) is 61.8 Å². The SMILES string of the molecule is N#Cc1c(-n2c3cc(-c4cccnc4-c4ccccc4)ccc3c3ccc(-c4cccnc4-c4ccccc4)cc32)cc(-c2ccccc2C(F)(F)F)cc1-n1c2cc(-c3cccnc3-c3ccccc3)ccc2c2ccc(-c3cccnc3-c3ccccc3)cc21. The van der Waals surface area contributed by atoms with Crippen LogP contribution in [0.3, 0.4) is 0 Å². The lowest BCUT2D eigenvalue weighted by Crippen LogP contribution is -2.09.